The molecule has 34 heavy (non-hydrogen) atoms. The predicted molar refractivity (Wildman–Crippen MR) is 132 cm³/mol. The fourth-order valence-electron chi connectivity index (χ4n) is 2.88. The largest absolute Gasteiger partial charge is 0.493 e. The molecule has 0 bridgehead atoms. The van der Waals surface area contributed by atoms with E-state index in [0.717, 1.165) is 5.56 Å². The average Bonchev–Trinajstić information content (AvgIpc) is 2.83. The Hall–Kier alpha value is -3.87. The number of hydrogen-bond acceptors (Lipinski definition) is 6. The Kier molecular flexibility index (Phi) is 8.24. The van der Waals surface area contributed by atoms with Crippen LogP contribution in [0, 0.1) is 21.4 Å². The molecule has 0 spiro atoms. The van der Waals surface area contributed by atoms with Gasteiger partial charge in [-0.25, -0.2) is 0 Å². The number of halogens is 2. The Morgan fingerprint density at radius 2 is 1.94 bits per heavy atom. The number of nitriles is 1. The van der Waals surface area contributed by atoms with E-state index in [4.69, 9.17) is 21.1 Å². The number of nitrogens with zero attached hydrogens (tertiary/aromatic N) is 2. The molecule has 0 aliphatic rings. The third-order valence-electron chi connectivity index (χ3n) is 4.57. The maximum atomic E-state index is 12.6. The molecule has 0 aliphatic heterocycles. The van der Waals surface area contributed by atoms with Crippen molar-refractivity contribution in [3.63, 3.8) is 0 Å². The van der Waals surface area contributed by atoms with Crippen molar-refractivity contribution < 1.29 is 19.2 Å². The van der Waals surface area contributed by atoms with Gasteiger partial charge < -0.3 is 14.8 Å². The number of carbonyl (C=O) groups is 1. The molecule has 8 nitrogen and oxygen atoms in total. The number of nitro groups is 1. The number of hydrogen-bond donors (Lipinski definition) is 1. The lowest BCUT2D eigenvalue weighted by Gasteiger charge is -2.13. The second-order valence-corrected chi connectivity index (χ2v) is 8.16. The molecule has 3 aromatic rings. The summed E-state index contributed by atoms with van der Waals surface area (Å²) in [6.45, 7) is 0.282. The van der Waals surface area contributed by atoms with Crippen molar-refractivity contribution in [1.82, 2.24) is 0 Å². The van der Waals surface area contributed by atoms with Crippen LogP contribution in [-0.4, -0.2) is 17.9 Å². The molecule has 0 radical (unpaired) electrons. The molecule has 3 aromatic carbocycles. The van der Waals surface area contributed by atoms with Crippen LogP contribution in [0.25, 0.3) is 6.08 Å². The number of amides is 1. The van der Waals surface area contributed by atoms with Gasteiger partial charge in [0.15, 0.2) is 11.5 Å². The second-order valence-electron chi connectivity index (χ2n) is 6.87. The average molecular weight is 543 g/mol. The van der Waals surface area contributed by atoms with Gasteiger partial charge in [-0.2, -0.15) is 5.26 Å². The summed E-state index contributed by atoms with van der Waals surface area (Å²) in [5.41, 5.74) is 1.23. The molecule has 0 saturated heterocycles. The van der Waals surface area contributed by atoms with Gasteiger partial charge in [0, 0.05) is 27.3 Å². The number of nitro benzene ring substituents is 1. The Morgan fingerprint density at radius 3 is 2.59 bits per heavy atom. The minimum absolute atomic E-state index is 0.179. The molecule has 3 rings (SSSR count). The number of carbonyl (C=O) groups excluding carboxylic acids is 1. The van der Waals surface area contributed by atoms with E-state index in [2.05, 4.69) is 21.2 Å². The smallest absolute Gasteiger partial charge is 0.271 e. The number of non-ortho nitro benzene ring substituents is 1. The van der Waals surface area contributed by atoms with Crippen molar-refractivity contribution in [3.8, 4) is 17.6 Å². The van der Waals surface area contributed by atoms with Gasteiger partial charge in [-0.05, 0) is 47.5 Å². The first-order valence-corrected chi connectivity index (χ1v) is 10.9. The van der Waals surface area contributed by atoms with Crippen LogP contribution in [-0.2, 0) is 11.4 Å². The fourth-order valence-corrected chi connectivity index (χ4v) is 3.44. The van der Waals surface area contributed by atoms with Gasteiger partial charge in [0.05, 0.1) is 12.0 Å². The second kappa shape index (κ2) is 11.3. The quantitative estimate of drug-likeness (QED) is 0.158. The van der Waals surface area contributed by atoms with E-state index in [1.54, 1.807) is 24.3 Å². The van der Waals surface area contributed by atoms with E-state index in [1.807, 2.05) is 18.2 Å². The van der Waals surface area contributed by atoms with Crippen LogP contribution in [0.15, 0.2) is 70.7 Å². The highest BCUT2D eigenvalue weighted by molar-refractivity contribution is 9.10. The lowest BCUT2D eigenvalue weighted by molar-refractivity contribution is -0.384. The van der Waals surface area contributed by atoms with Gasteiger partial charge in [0.25, 0.3) is 11.6 Å². The summed E-state index contributed by atoms with van der Waals surface area (Å²) in [5.74, 6) is 0.151. The topological polar surface area (TPSA) is 114 Å². The Bertz CT molecular complexity index is 1300. The van der Waals surface area contributed by atoms with Crippen molar-refractivity contribution >= 4 is 50.9 Å². The molecule has 172 valence electrons. The van der Waals surface area contributed by atoms with E-state index in [0.29, 0.717) is 26.6 Å². The van der Waals surface area contributed by atoms with Gasteiger partial charge in [-0.3, -0.25) is 14.9 Å². The van der Waals surface area contributed by atoms with E-state index in [-0.39, 0.29) is 23.6 Å². The van der Waals surface area contributed by atoms with Gasteiger partial charge >= 0.3 is 0 Å². The SMILES string of the molecule is COc1cc(/C=C(\C#N)C(=O)Nc2cccc([N+](=O)[O-])c2)c(Br)cc1OCc1ccc(Cl)cc1. The summed E-state index contributed by atoms with van der Waals surface area (Å²) in [6.07, 6.45) is 1.38. The number of methoxy groups -OCH3 is 1. The van der Waals surface area contributed by atoms with E-state index < -0.39 is 10.8 Å². The molecule has 0 unspecified atom stereocenters. The van der Waals surface area contributed by atoms with Crippen LogP contribution >= 0.6 is 27.5 Å². The maximum absolute atomic E-state index is 12.6. The third kappa shape index (κ3) is 6.34. The Morgan fingerprint density at radius 1 is 1.21 bits per heavy atom. The monoisotopic (exact) mass is 541 g/mol. The summed E-state index contributed by atoms with van der Waals surface area (Å²) in [7, 11) is 1.48. The Balaban J connectivity index is 1.81. The van der Waals surface area contributed by atoms with Crippen molar-refractivity contribution in [2.24, 2.45) is 0 Å². The van der Waals surface area contributed by atoms with E-state index in [9.17, 15) is 20.2 Å². The summed E-state index contributed by atoms with van der Waals surface area (Å²) < 4.78 is 11.8. The van der Waals surface area contributed by atoms with Crippen LogP contribution in [0.3, 0.4) is 0 Å². The van der Waals surface area contributed by atoms with Gasteiger partial charge in [0.1, 0.15) is 18.2 Å². The van der Waals surface area contributed by atoms with Crippen LogP contribution in [0.1, 0.15) is 11.1 Å². The predicted octanol–water partition coefficient (Wildman–Crippen LogP) is 6.14. The molecule has 0 atom stereocenters. The molecule has 0 saturated carbocycles. The zero-order valence-corrected chi connectivity index (χ0v) is 20.1. The first kappa shape index (κ1) is 24.8. The molecule has 1 amide bonds. The number of rotatable bonds is 8. The molecular formula is C24H17BrClN3O5. The first-order valence-electron chi connectivity index (χ1n) is 9.73. The number of ether oxygens (including phenoxy) is 2. The third-order valence-corrected chi connectivity index (χ3v) is 5.51. The number of benzene rings is 3. The lowest BCUT2D eigenvalue weighted by Crippen LogP contribution is -2.13. The van der Waals surface area contributed by atoms with Crippen molar-refractivity contribution in [2.45, 2.75) is 6.61 Å². The molecule has 0 aromatic heterocycles. The molecule has 1 N–H and O–H groups in total. The Labute approximate surface area is 208 Å². The number of anilines is 1. The van der Waals surface area contributed by atoms with Gasteiger partial charge in [0.2, 0.25) is 0 Å². The fraction of sp³-hybridized carbons (Fsp3) is 0.0833. The molecule has 10 heteroatoms. The van der Waals surface area contributed by atoms with E-state index >= 15 is 0 Å². The minimum atomic E-state index is -0.711. The summed E-state index contributed by atoms with van der Waals surface area (Å²) >= 11 is 9.34. The molecule has 0 heterocycles. The van der Waals surface area contributed by atoms with E-state index in [1.165, 1.54) is 37.5 Å². The zero-order valence-electron chi connectivity index (χ0n) is 17.7. The van der Waals surface area contributed by atoms with Crippen LogP contribution in [0.5, 0.6) is 11.5 Å². The molecular weight excluding hydrogens is 526 g/mol. The molecule has 0 fully saturated rings. The van der Waals surface area contributed by atoms with Crippen molar-refractivity contribution in [1.29, 1.82) is 5.26 Å². The van der Waals surface area contributed by atoms with Crippen LogP contribution in [0.4, 0.5) is 11.4 Å². The van der Waals surface area contributed by atoms with Gasteiger partial charge in [-0.15, -0.1) is 0 Å². The highest BCUT2D eigenvalue weighted by atomic mass is 79.9. The maximum Gasteiger partial charge on any atom is 0.271 e. The summed E-state index contributed by atoms with van der Waals surface area (Å²) in [4.78, 5) is 23.0. The number of nitrogens with one attached hydrogen (secondary N) is 1. The zero-order chi connectivity index (χ0) is 24.7. The van der Waals surface area contributed by atoms with Crippen LogP contribution < -0.4 is 14.8 Å². The summed E-state index contributed by atoms with van der Waals surface area (Å²) in [6, 6.07) is 17.8. The minimum Gasteiger partial charge on any atom is -0.493 e. The van der Waals surface area contributed by atoms with Crippen LogP contribution in [0.2, 0.25) is 5.02 Å². The van der Waals surface area contributed by atoms with Crippen molar-refractivity contribution in [2.75, 3.05) is 12.4 Å². The highest BCUT2D eigenvalue weighted by Gasteiger charge is 2.15. The molecule has 0 aliphatic carbocycles. The standard InChI is InChI=1S/C24H17BrClN3O5/c1-33-22-10-16(21(25)12-23(22)34-14-15-5-7-18(26)8-6-15)9-17(13-27)24(30)28-19-3-2-4-20(11-19)29(31)32/h2-12H,14H2,1H3,(H,28,30)/b17-9+. The highest BCUT2D eigenvalue weighted by Crippen LogP contribution is 2.35. The lowest BCUT2D eigenvalue weighted by atomic mass is 10.1. The van der Waals surface area contributed by atoms with Gasteiger partial charge in [-0.1, -0.05) is 45.7 Å². The van der Waals surface area contributed by atoms with Crippen molar-refractivity contribution in [3.05, 3.63) is 97.0 Å². The normalized spacial score (nSPS) is 10.8. The first-order chi connectivity index (χ1) is 16.3. The summed E-state index contributed by atoms with van der Waals surface area (Å²) in [5, 5.41) is 23.6.